The van der Waals surface area contributed by atoms with Gasteiger partial charge in [0, 0.05) is 13.7 Å². The summed E-state index contributed by atoms with van der Waals surface area (Å²) < 4.78 is 4.99. The first-order chi connectivity index (χ1) is 6.27. The van der Waals surface area contributed by atoms with Crippen LogP contribution in [0.25, 0.3) is 0 Å². The molecule has 1 N–H and O–H groups in total. The Morgan fingerprint density at radius 2 is 1.77 bits per heavy atom. The summed E-state index contributed by atoms with van der Waals surface area (Å²) in [5.41, 5.74) is 0. The van der Waals surface area contributed by atoms with Crippen molar-refractivity contribution in [2.75, 3.05) is 26.8 Å². The van der Waals surface area contributed by atoms with Gasteiger partial charge in [-0.25, -0.2) is 0 Å². The zero-order valence-corrected chi connectivity index (χ0v) is 9.44. The lowest BCUT2D eigenvalue weighted by atomic mass is 10.2. The second-order valence-electron chi connectivity index (χ2n) is 4.00. The first kappa shape index (κ1) is 12.9. The van der Waals surface area contributed by atoms with Gasteiger partial charge < -0.3 is 10.1 Å². The van der Waals surface area contributed by atoms with Gasteiger partial charge in [0.2, 0.25) is 0 Å². The second-order valence-corrected chi connectivity index (χ2v) is 4.00. The van der Waals surface area contributed by atoms with E-state index in [1.165, 1.54) is 32.2 Å². The first-order valence-corrected chi connectivity index (χ1v) is 5.47. The van der Waals surface area contributed by atoms with Gasteiger partial charge in [0.25, 0.3) is 0 Å². The molecule has 0 saturated carbocycles. The predicted octanol–water partition coefficient (Wildman–Crippen LogP) is 2.44. The molecule has 0 aliphatic rings. The van der Waals surface area contributed by atoms with Crippen molar-refractivity contribution in [3.05, 3.63) is 0 Å². The molecule has 0 radical (unpaired) electrons. The Labute approximate surface area is 83.1 Å². The molecule has 80 valence electrons. The SMILES string of the molecule is COCCCCCCNCC(C)C. The van der Waals surface area contributed by atoms with Crippen molar-refractivity contribution in [3.8, 4) is 0 Å². The summed E-state index contributed by atoms with van der Waals surface area (Å²) in [6.45, 7) is 7.72. The van der Waals surface area contributed by atoms with Crippen LogP contribution in [0.4, 0.5) is 0 Å². The molecule has 0 aliphatic carbocycles. The highest BCUT2D eigenvalue weighted by Gasteiger charge is 1.92. The average Bonchev–Trinajstić information content (AvgIpc) is 2.09. The molecule has 0 fully saturated rings. The van der Waals surface area contributed by atoms with Crippen LogP contribution in [0.15, 0.2) is 0 Å². The van der Waals surface area contributed by atoms with E-state index in [-0.39, 0.29) is 0 Å². The van der Waals surface area contributed by atoms with E-state index in [4.69, 9.17) is 4.74 Å². The third-order valence-electron chi connectivity index (χ3n) is 2.00. The summed E-state index contributed by atoms with van der Waals surface area (Å²) in [5, 5.41) is 3.44. The van der Waals surface area contributed by atoms with E-state index in [0.717, 1.165) is 19.1 Å². The topological polar surface area (TPSA) is 21.3 Å². The normalized spacial score (nSPS) is 11.1. The Kier molecular flexibility index (Phi) is 9.94. The maximum Gasteiger partial charge on any atom is 0.0462 e. The van der Waals surface area contributed by atoms with Crippen molar-refractivity contribution in [1.29, 1.82) is 0 Å². The summed E-state index contributed by atoms with van der Waals surface area (Å²) >= 11 is 0. The van der Waals surface area contributed by atoms with Crippen LogP contribution in [0.1, 0.15) is 39.5 Å². The van der Waals surface area contributed by atoms with Crippen LogP contribution in [-0.4, -0.2) is 26.8 Å². The van der Waals surface area contributed by atoms with Crippen LogP contribution in [0.5, 0.6) is 0 Å². The summed E-state index contributed by atoms with van der Waals surface area (Å²) in [5.74, 6) is 0.772. The maximum absolute atomic E-state index is 4.99. The standard InChI is InChI=1S/C11H25NO/c1-11(2)10-12-8-6-4-5-7-9-13-3/h11-12H,4-10H2,1-3H3. The zero-order chi connectivity index (χ0) is 9.94. The van der Waals surface area contributed by atoms with Crippen molar-refractivity contribution in [1.82, 2.24) is 5.32 Å². The number of methoxy groups -OCH3 is 1. The van der Waals surface area contributed by atoms with Crippen molar-refractivity contribution in [2.24, 2.45) is 5.92 Å². The molecule has 0 aromatic heterocycles. The van der Waals surface area contributed by atoms with Gasteiger partial charge in [0.1, 0.15) is 0 Å². The minimum atomic E-state index is 0.772. The van der Waals surface area contributed by atoms with Gasteiger partial charge in [-0.05, 0) is 31.8 Å². The number of ether oxygens (including phenoxy) is 1. The van der Waals surface area contributed by atoms with Crippen LogP contribution in [0, 0.1) is 5.92 Å². The van der Waals surface area contributed by atoms with E-state index in [1.807, 2.05) is 0 Å². The van der Waals surface area contributed by atoms with E-state index in [2.05, 4.69) is 19.2 Å². The number of hydrogen-bond acceptors (Lipinski definition) is 2. The summed E-state index contributed by atoms with van der Waals surface area (Å²) in [6, 6.07) is 0. The summed E-state index contributed by atoms with van der Waals surface area (Å²) in [6.07, 6.45) is 5.14. The molecule has 0 aromatic rings. The van der Waals surface area contributed by atoms with Crippen LogP contribution in [0.2, 0.25) is 0 Å². The highest BCUT2D eigenvalue weighted by Crippen LogP contribution is 1.98. The molecule has 0 unspecified atom stereocenters. The molecule has 0 heterocycles. The summed E-state index contributed by atoms with van der Waals surface area (Å²) in [4.78, 5) is 0. The highest BCUT2D eigenvalue weighted by atomic mass is 16.5. The van der Waals surface area contributed by atoms with Gasteiger partial charge >= 0.3 is 0 Å². The van der Waals surface area contributed by atoms with Gasteiger partial charge in [-0.3, -0.25) is 0 Å². The minimum Gasteiger partial charge on any atom is -0.385 e. The molecule has 2 heteroatoms. The van der Waals surface area contributed by atoms with Crippen molar-refractivity contribution in [2.45, 2.75) is 39.5 Å². The number of hydrogen-bond donors (Lipinski definition) is 1. The number of nitrogens with one attached hydrogen (secondary N) is 1. The van der Waals surface area contributed by atoms with Crippen molar-refractivity contribution >= 4 is 0 Å². The highest BCUT2D eigenvalue weighted by molar-refractivity contribution is 4.51. The Morgan fingerprint density at radius 1 is 1.08 bits per heavy atom. The van der Waals surface area contributed by atoms with E-state index in [9.17, 15) is 0 Å². The fourth-order valence-electron chi connectivity index (χ4n) is 1.24. The van der Waals surface area contributed by atoms with Crippen molar-refractivity contribution < 1.29 is 4.74 Å². The lowest BCUT2D eigenvalue weighted by molar-refractivity contribution is 0.192. The van der Waals surface area contributed by atoms with E-state index in [1.54, 1.807) is 7.11 Å². The van der Waals surface area contributed by atoms with E-state index in [0.29, 0.717) is 0 Å². The fraction of sp³-hybridized carbons (Fsp3) is 1.00. The average molecular weight is 187 g/mol. The van der Waals surface area contributed by atoms with Gasteiger partial charge in [0.15, 0.2) is 0 Å². The predicted molar refractivity (Wildman–Crippen MR) is 58.1 cm³/mol. The molecule has 0 saturated heterocycles. The molecule has 0 rings (SSSR count). The number of rotatable bonds is 9. The molecular formula is C11H25NO. The summed E-state index contributed by atoms with van der Waals surface area (Å²) in [7, 11) is 1.77. The quantitative estimate of drug-likeness (QED) is 0.560. The third-order valence-corrected chi connectivity index (χ3v) is 2.00. The monoisotopic (exact) mass is 187 g/mol. The molecule has 0 bridgehead atoms. The molecule has 0 spiro atoms. The van der Waals surface area contributed by atoms with E-state index < -0.39 is 0 Å². The van der Waals surface area contributed by atoms with Crippen molar-refractivity contribution in [3.63, 3.8) is 0 Å². The van der Waals surface area contributed by atoms with Crippen LogP contribution in [0.3, 0.4) is 0 Å². The zero-order valence-electron chi connectivity index (χ0n) is 9.44. The van der Waals surface area contributed by atoms with Gasteiger partial charge in [0.05, 0.1) is 0 Å². The third kappa shape index (κ3) is 11.9. The van der Waals surface area contributed by atoms with Gasteiger partial charge in [-0.1, -0.05) is 26.7 Å². The molecule has 0 aromatic carbocycles. The molecule has 13 heavy (non-hydrogen) atoms. The van der Waals surface area contributed by atoms with Gasteiger partial charge in [-0.15, -0.1) is 0 Å². The molecule has 0 atom stereocenters. The number of unbranched alkanes of at least 4 members (excludes halogenated alkanes) is 3. The molecular weight excluding hydrogens is 162 g/mol. The van der Waals surface area contributed by atoms with E-state index >= 15 is 0 Å². The molecule has 0 amide bonds. The Bertz CT molecular complexity index is 94.1. The lowest BCUT2D eigenvalue weighted by Gasteiger charge is -2.06. The lowest BCUT2D eigenvalue weighted by Crippen LogP contribution is -2.20. The minimum absolute atomic E-state index is 0.772. The Morgan fingerprint density at radius 3 is 2.38 bits per heavy atom. The van der Waals surface area contributed by atoms with Crippen LogP contribution in [-0.2, 0) is 4.74 Å². The Balaban J connectivity index is 2.84. The molecule has 0 aliphatic heterocycles. The largest absolute Gasteiger partial charge is 0.385 e. The fourth-order valence-corrected chi connectivity index (χ4v) is 1.24. The van der Waals surface area contributed by atoms with Crippen LogP contribution >= 0.6 is 0 Å². The Hall–Kier alpha value is -0.0800. The van der Waals surface area contributed by atoms with Crippen LogP contribution < -0.4 is 5.32 Å². The molecule has 2 nitrogen and oxygen atoms in total. The maximum atomic E-state index is 4.99. The van der Waals surface area contributed by atoms with Gasteiger partial charge in [-0.2, -0.15) is 0 Å². The first-order valence-electron chi connectivity index (χ1n) is 5.47. The smallest absolute Gasteiger partial charge is 0.0462 e. The second kappa shape index (κ2) is 10.0.